The van der Waals surface area contributed by atoms with Crippen molar-refractivity contribution in [3.63, 3.8) is 0 Å². The molecule has 0 rings (SSSR count). The Labute approximate surface area is 112 Å². The van der Waals surface area contributed by atoms with Crippen molar-refractivity contribution in [1.82, 2.24) is 4.67 Å². The number of nitrogens with zero attached hydrogens (tertiary/aromatic N) is 1. The van der Waals surface area contributed by atoms with Crippen LogP contribution in [0.15, 0.2) is 0 Å². The fourth-order valence-corrected chi connectivity index (χ4v) is 2.78. The Hall–Kier alpha value is -0.310. The molecule has 0 heterocycles. The van der Waals surface area contributed by atoms with Gasteiger partial charge in [0, 0.05) is 25.4 Å². The molecule has 0 saturated heterocycles. The van der Waals surface area contributed by atoms with Crippen LogP contribution in [-0.2, 0) is 4.57 Å². The maximum atomic E-state index is 12.2. The molecule has 4 nitrogen and oxygen atoms in total. The Morgan fingerprint density at radius 2 is 1.35 bits per heavy atom. The molecule has 122 valence electrons. The maximum absolute atomic E-state index is 12.2. The third kappa shape index (κ3) is 8.78. The minimum absolute atomic E-state index is 0.342. The molecule has 0 unspecified atom stereocenters. The fraction of sp³-hybridized carbons (Fsp3) is 1.00. The van der Waals surface area contributed by atoms with E-state index in [1.165, 1.54) is 13.8 Å². The molecule has 0 saturated carbocycles. The highest BCUT2D eigenvalue weighted by Crippen LogP contribution is 2.44. The van der Waals surface area contributed by atoms with Crippen LogP contribution in [-0.4, -0.2) is 39.4 Å². The van der Waals surface area contributed by atoms with Crippen LogP contribution in [0, 0.1) is 5.92 Å². The third-order valence-electron chi connectivity index (χ3n) is 2.42. The average Bonchev–Trinajstić information content (AvgIpc) is 2.05. The van der Waals surface area contributed by atoms with E-state index >= 15 is 0 Å². The van der Waals surface area contributed by atoms with Crippen LogP contribution >= 0.6 is 7.75 Å². The normalized spacial score (nSPS) is 14.7. The molecule has 0 aromatic rings. The lowest BCUT2D eigenvalue weighted by Gasteiger charge is -2.31. The number of rotatable bonds is 6. The molecule has 0 radical (unpaired) electrons. The summed E-state index contributed by atoms with van der Waals surface area (Å²) >= 11 is 0. The van der Waals surface area contributed by atoms with Crippen LogP contribution in [0.4, 0.5) is 26.3 Å². The van der Waals surface area contributed by atoms with E-state index in [0.717, 1.165) is 0 Å². The van der Waals surface area contributed by atoms with E-state index in [2.05, 4.69) is 0 Å². The summed E-state index contributed by atoms with van der Waals surface area (Å²) in [7, 11) is -4.92. The first-order valence-corrected chi connectivity index (χ1v) is 7.14. The van der Waals surface area contributed by atoms with Crippen LogP contribution in [0.2, 0.25) is 0 Å². The molecule has 0 aromatic heterocycles. The Morgan fingerprint density at radius 1 is 1.00 bits per heavy atom. The third-order valence-corrected chi connectivity index (χ3v) is 3.71. The van der Waals surface area contributed by atoms with Gasteiger partial charge >= 0.3 is 20.1 Å². The summed E-state index contributed by atoms with van der Waals surface area (Å²) in [5.74, 6) is -1.97. The van der Waals surface area contributed by atoms with Crippen LogP contribution in [0.1, 0.15) is 26.7 Å². The van der Waals surface area contributed by atoms with Gasteiger partial charge in [0.25, 0.3) is 0 Å². The van der Waals surface area contributed by atoms with Crippen molar-refractivity contribution in [2.45, 2.75) is 45.1 Å². The van der Waals surface area contributed by atoms with E-state index in [0.29, 0.717) is 4.67 Å². The number of alkyl halides is 6. The molecule has 0 aliphatic rings. The zero-order valence-corrected chi connectivity index (χ0v) is 11.6. The van der Waals surface area contributed by atoms with Crippen molar-refractivity contribution in [2.24, 2.45) is 5.92 Å². The minimum Gasteiger partial charge on any atom is -0.312 e. The van der Waals surface area contributed by atoms with Crippen molar-refractivity contribution >= 4 is 7.75 Å². The molecule has 0 fully saturated rings. The summed E-state index contributed by atoms with van der Waals surface area (Å²) < 4.78 is 84.9. The first-order chi connectivity index (χ1) is 8.62. The molecule has 0 bridgehead atoms. The van der Waals surface area contributed by atoms with Crippen molar-refractivity contribution in [3.8, 4) is 0 Å². The van der Waals surface area contributed by atoms with Gasteiger partial charge in [0.1, 0.15) is 0 Å². The summed E-state index contributed by atoms with van der Waals surface area (Å²) in [4.78, 5) is 17.9. The summed E-state index contributed by atoms with van der Waals surface area (Å²) in [5, 5.41) is 0. The zero-order chi connectivity index (χ0) is 16.4. The van der Waals surface area contributed by atoms with Crippen LogP contribution in [0.5, 0.6) is 0 Å². The van der Waals surface area contributed by atoms with Crippen molar-refractivity contribution < 1.29 is 40.7 Å². The molecule has 0 aliphatic heterocycles. The Morgan fingerprint density at radius 3 is 1.55 bits per heavy atom. The summed E-state index contributed by atoms with van der Waals surface area (Å²) in [5.41, 5.74) is 0. The lowest BCUT2D eigenvalue weighted by molar-refractivity contribution is -0.174. The maximum Gasteiger partial charge on any atom is 0.403 e. The van der Waals surface area contributed by atoms with E-state index in [9.17, 15) is 30.9 Å². The smallest absolute Gasteiger partial charge is 0.312 e. The molecule has 0 atom stereocenters. The number of hydrogen-bond donors (Lipinski definition) is 2. The standard InChI is InChI=1S/C9H16F6NO3P/c1-6(2)16(20(17,18)19)5-7(3-8(10,11)12)4-9(13,14)15/h6-7H,3-5H2,1-2H3,(H2,17,18,19). The van der Waals surface area contributed by atoms with Gasteiger partial charge in [0.15, 0.2) is 0 Å². The molecular formula is C9H16F6NO3P. The Balaban J connectivity index is 5.08. The minimum atomic E-state index is -4.92. The average molecular weight is 331 g/mol. The van der Waals surface area contributed by atoms with Crippen LogP contribution in [0.25, 0.3) is 0 Å². The predicted octanol–water partition coefficient (Wildman–Crippen LogP) is 3.31. The van der Waals surface area contributed by atoms with Crippen molar-refractivity contribution in [2.75, 3.05) is 6.54 Å². The molecule has 11 heteroatoms. The molecule has 20 heavy (non-hydrogen) atoms. The van der Waals surface area contributed by atoms with Gasteiger partial charge in [-0.2, -0.15) is 26.3 Å². The second-order valence-corrected chi connectivity index (χ2v) is 6.27. The van der Waals surface area contributed by atoms with Gasteiger partial charge in [0.05, 0.1) is 0 Å². The number of halogens is 6. The van der Waals surface area contributed by atoms with Crippen molar-refractivity contribution in [3.05, 3.63) is 0 Å². The molecule has 0 aliphatic carbocycles. The Bertz CT molecular complexity index is 335. The van der Waals surface area contributed by atoms with Gasteiger partial charge in [-0.1, -0.05) is 0 Å². The molecule has 0 amide bonds. The number of hydrogen-bond acceptors (Lipinski definition) is 1. The van der Waals surface area contributed by atoms with Crippen molar-refractivity contribution in [1.29, 1.82) is 0 Å². The van der Waals surface area contributed by atoms with Crippen LogP contribution in [0.3, 0.4) is 0 Å². The summed E-state index contributed by atoms with van der Waals surface area (Å²) in [6, 6.07) is -0.889. The lowest BCUT2D eigenvalue weighted by Crippen LogP contribution is -2.36. The zero-order valence-electron chi connectivity index (χ0n) is 10.7. The van der Waals surface area contributed by atoms with E-state index in [1.807, 2.05) is 0 Å². The van der Waals surface area contributed by atoms with Gasteiger partial charge in [-0.05, 0) is 19.8 Å². The van der Waals surface area contributed by atoms with E-state index < -0.39 is 51.4 Å². The molecule has 0 spiro atoms. The predicted molar refractivity (Wildman–Crippen MR) is 58.7 cm³/mol. The fourth-order valence-electron chi connectivity index (χ4n) is 1.74. The van der Waals surface area contributed by atoms with Crippen LogP contribution < -0.4 is 0 Å². The van der Waals surface area contributed by atoms with Gasteiger partial charge < -0.3 is 9.79 Å². The topological polar surface area (TPSA) is 60.8 Å². The van der Waals surface area contributed by atoms with E-state index in [1.54, 1.807) is 0 Å². The van der Waals surface area contributed by atoms with Gasteiger partial charge in [-0.3, -0.25) is 0 Å². The van der Waals surface area contributed by atoms with Gasteiger partial charge in [0.2, 0.25) is 0 Å². The van der Waals surface area contributed by atoms with Gasteiger partial charge in [-0.15, -0.1) is 0 Å². The highest BCUT2D eigenvalue weighted by molar-refractivity contribution is 7.49. The molecule has 0 aromatic carbocycles. The lowest BCUT2D eigenvalue weighted by atomic mass is 10.0. The summed E-state index contributed by atoms with van der Waals surface area (Å²) in [6.45, 7) is 1.57. The molecular weight excluding hydrogens is 315 g/mol. The van der Waals surface area contributed by atoms with E-state index in [-0.39, 0.29) is 0 Å². The second kappa shape index (κ2) is 6.64. The largest absolute Gasteiger partial charge is 0.403 e. The quantitative estimate of drug-likeness (QED) is 0.579. The van der Waals surface area contributed by atoms with E-state index in [4.69, 9.17) is 9.79 Å². The summed E-state index contributed by atoms with van der Waals surface area (Å²) in [6.07, 6.45) is -13.2. The second-order valence-electron chi connectivity index (χ2n) is 4.73. The SMILES string of the molecule is CC(C)N(CC(CC(F)(F)F)CC(F)(F)F)P(=O)(O)O. The highest BCUT2D eigenvalue weighted by atomic mass is 31.2. The highest BCUT2D eigenvalue weighted by Gasteiger charge is 2.41. The monoisotopic (exact) mass is 331 g/mol. The Kier molecular flexibility index (Phi) is 6.53. The molecule has 2 N–H and O–H groups in total. The first-order valence-electron chi connectivity index (χ1n) is 5.58. The van der Waals surface area contributed by atoms with Gasteiger partial charge in [-0.25, -0.2) is 9.24 Å². The first kappa shape index (κ1) is 19.7.